The predicted octanol–water partition coefficient (Wildman–Crippen LogP) is 3.66. The maximum Gasteiger partial charge on any atom is 0.260 e. The topological polar surface area (TPSA) is 70.2 Å². The molecule has 0 radical (unpaired) electrons. The quantitative estimate of drug-likeness (QED) is 0.458. The summed E-state index contributed by atoms with van der Waals surface area (Å²) in [4.78, 5) is 16.2. The number of anilines is 2. The molecular weight excluding hydrogens is 488 g/mol. The number of rotatable bonds is 8. The Morgan fingerprint density at radius 2 is 1.50 bits per heavy atom. The van der Waals surface area contributed by atoms with Gasteiger partial charge in [-0.25, -0.2) is 17.2 Å². The third-order valence-electron chi connectivity index (χ3n) is 5.98. The standard InChI is InChI=1S/C26H27F2N3O4S/c1-36(33,34)31(18-20-6-2-3-7-23(20)27)21-10-12-22(13-11-21)35-19-26(32)30-16-14-29(15-17-30)25-9-5-4-8-24(25)28/h2-13H,14-19H2,1H3. The van der Waals surface area contributed by atoms with E-state index in [4.69, 9.17) is 4.74 Å². The number of hydrogen-bond acceptors (Lipinski definition) is 5. The molecule has 3 aromatic carbocycles. The number of para-hydroxylation sites is 1. The molecule has 3 aromatic rings. The minimum atomic E-state index is -3.68. The zero-order chi connectivity index (χ0) is 25.7. The summed E-state index contributed by atoms with van der Waals surface area (Å²) in [5.41, 5.74) is 1.13. The fourth-order valence-electron chi connectivity index (χ4n) is 4.03. The molecule has 0 atom stereocenters. The Morgan fingerprint density at radius 3 is 2.11 bits per heavy atom. The van der Waals surface area contributed by atoms with Gasteiger partial charge in [-0.2, -0.15) is 0 Å². The van der Waals surface area contributed by atoms with Gasteiger partial charge in [0, 0.05) is 31.7 Å². The van der Waals surface area contributed by atoms with Gasteiger partial charge in [-0.05, 0) is 42.5 Å². The van der Waals surface area contributed by atoms with E-state index in [2.05, 4.69) is 0 Å². The summed E-state index contributed by atoms with van der Waals surface area (Å²) in [7, 11) is -3.68. The highest BCUT2D eigenvalue weighted by molar-refractivity contribution is 7.92. The number of piperazine rings is 1. The van der Waals surface area contributed by atoms with Crippen molar-refractivity contribution in [2.24, 2.45) is 0 Å². The summed E-state index contributed by atoms with van der Waals surface area (Å²) < 4.78 is 59.5. The number of hydrogen-bond donors (Lipinski definition) is 0. The highest BCUT2D eigenvalue weighted by Gasteiger charge is 2.23. The van der Waals surface area contributed by atoms with E-state index in [1.165, 1.54) is 18.2 Å². The van der Waals surface area contributed by atoms with Crippen molar-refractivity contribution in [1.82, 2.24) is 4.90 Å². The van der Waals surface area contributed by atoms with Gasteiger partial charge in [-0.15, -0.1) is 0 Å². The maximum absolute atomic E-state index is 14.1. The smallest absolute Gasteiger partial charge is 0.260 e. The summed E-state index contributed by atoms with van der Waals surface area (Å²) in [6, 6.07) is 18.8. The average molecular weight is 516 g/mol. The van der Waals surface area contributed by atoms with Gasteiger partial charge >= 0.3 is 0 Å². The van der Waals surface area contributed by atoms with Crippen LogP contribution in [0.2, 0.25) is 0 Å². The molecule has 10 heteroatoms. The Balaban J connectivity index is 1.33. The van der Waals surface area contributed by atoms with E-state index in [1.807, 2.05) is 4.90 Å². The molecule has 0 unspecified atom stereocenters. The van der Waals surface area contributed by atoms with E-state index in [1.54, 1.807) is 59.5 Å². The van der Waals surface area contributed by atoms with Crippen LogP contribution in [0.5, 0.6) is 5.75 Å². The lowest BCUT2D eigenvalue weighted by atomic mass is 10.2. The maximum atomic E-state index is 14.1. The summed E-state index contributed by atoms with van der Waals surface area (Å²) in [5, 5.41) is 0. The highest BCUT2D eigenvalue weighted by atomic mass is 32.2. The molecule has 7 nitrogen and oxygen atoms in total. The van der Waals surface area contributed by atoms with Gasteiger partial charge < -0.3 is 14.5 Å². The van der Waals surface area contributed by atoms with Crippen LogP contribution >= 0.6 is 0 Å². The first-order valence-electron chi connectivity index (χ1n) is 11.4. The Kier molecular flexibility index (Phi) is 7.73. The first-order valence-corrected chi connectivity index (χ1v) is 13.3. The normalized spacial score (nSPS) is 14.0. The van der Waals surface area contributed by atoms with Crippen LogP contribution in [0.1, 0.15) is 5.56 Å². The van der Waals surface area contributed by atoms with Gasteiger partial charge in [0.1, 0.15) is 17.4 Å². The third kappa shape index (κ3) is 6.12. The fourth-order valence-corrected chi connectivity index (χ4v) is 4.91. The molecule has 0 saturated carbocycles. The third-order valence-corrected chi connectivity index (χ3v) is 7.13. The first kappa shape index (κ1) is 25.4. The number of amides is 1. The fraction of sp³-hybridized carbons (Fsp3) is 0.269. The molecule has 0 aliphatic carbocycles. The molecule has 1 heterocycles. The lowest BCUT2D eigenvalue weighted by Crippen LogP contribution is -2.50. The van der Waals surface area contributed by atoms with E-state index in [0.717, 1.165) is 10.6 Å². The van der Waals surface area contributed by atoms with Crippen molar-refractivity contribution in [2.45, 2.75) is 6.54 Å². The largest absolute Gasteiger partial charge is 0.484 e. The van der Waals surface area contributed by atoms with Crippen LogP contribution in [0.25, 0.3) is 0 Å². The second-order valence-electron chi connectivity index (χ2n) is 8.46. The van der Waals surface area contributed by atoms with Gasteiger partial charge in [-0.1, -0.05) is 30.3 Å². The van der Waals surface area contributed by atoms with Crippen LogP contribution in [-0.4, -0.2) is 58.3 Å². The van der Waals surface area contributed by atoms with Crippen LogP contribution in [0.4, 0.5) is 20.2 Å². The van der Waals surface area contributed by atoms with Crippen LogP contribution in [0, 0.1) is 11.6 Å². The van der Waals surface area contributed by atoms with Gasteiger partial charge in [0.2, 0.25) is 10.0 Å². The van der Waals surface area contributed by atoms with E-state index in [0.29, 0.717) is 43.3 Å². The van der Waals surface area contributed by atoms with E-state index in [-0.39, 0.29) is 30.4 Å². The molecular formula is C26H27F2N3O4S. The van der Waals surface area contributed by atoms with Crippen molar-refractivity contribution in [3.05, 3.63) is 90.0 Å². The van der Waals surface area contributed by atoms with Crippen LogP contribution in [0.3, 0.4) is 0 Å². The highest BCUT2D eigenvalue weighted by Crippen LogP contribution is 2.25. The Morgan fingerprint density at radius 1 is 0.889 bits per heavy atom. The molecule has 0 bridgehead atoms. The second-order valence-corrected chi connectivity index (χ2v) is 10.4. The average Bonchev–Trinajstić information content (AvgIpc) is 2.87. The molecule has 4 rings (SSSR count). The molecule has 0 spiro atoms. The molecule has 1 aliphatic heterocycles. The van der Waals surface area contributed by atoms with Crippen molar-refractivity contribution in [1.29, 1.82) is 0 Å². The van der Waals surface area contributed by atoms with Crippen molar-refractivity contribution >= 4 is 27.3 Å². The van der Waals surface area contributed by atoms with Gasteiger partial charge in [0.15, 0.2) is 6.61 Å². The molecule has 0 aromatic heterocycles. The van der Waals surface area contributed by atoms with Crippen molar-refractivity contribution in [3.8, 4) is 5.75 Å². The minimum Gasteiger partial charge on any atom is -0.484 e. The number of nitrogens with zero attached hydrogens (tertiary/aromatic N) is 3. The van der Waals surface area contributed by atoms with Crippen molar-refractivity contribution < 1.29 is 26.7 Å². The van der Waals surface area contributed by atoms with E-state index in [9.17, 15) is 22.0 Å². The molecule has 0 N–H and O–H groups in total. The van der Waals surface area contributed by atoms with Crippen LogP contribution in [0.15, 0.2) is 72.8 Å². The molecule has 36 heavy (non-hydrogen) atoms. The zero-order valence-corrected chi connectivity index (χ0v) is 20.6. The van der Waals surface area contributed by atoms with Crippen LogP contribution < -0.4 is 13.9 Å². The lowest BCUT2D eigenvalue weighted by molar-refractivity contribution is -0.133. The van der Waals surface area contributed by atoms with Gasteiger partial charge in [-0.3, -0.25) is 9.10 Å². The Hall–Kier alpha value is -3.66. The zero-order valence-electron chi connectivity index (χ0n) is 19.8. The number of sulfonamides is 1. The summed E-state index contributed by atoms with van der Waals surface area (Å²) in [6.07, 6.45) is 1.06. The van der Waals surface area contributed by atoms with Crippen LogP contribution in [-0.2, 0) is 21.4 Å². The molecule has 1 fully saturated rings. The minimum absolute atomic E-state index is 0.150. The molecule has 1 amide bonds. The van der Waals surface area contributed by atoms with Gasteiger partial charge in [0.05, 0.1) is 24.2 Å². The number of ether oxygens (including phenoxy) is 1. The first-order chi connectivity index (χ1) is 17.2. The number of benzene rings is 3. The summed E-state index contributed by atoms with van der Waals surface area (Å²) in [6.45, 7) is 1.62. The summed E-state index contributed by atoms with van der Waals surface area (Å²) in [5.74, 6) is -0.562. The van der Waals surface area contributed by atoms with Crippen molar-refractivity contribution in [2.75, 3.05) is 48.2 Å². The number of carbonyl (C=O) groups excluding carboxylic acids is 1. The van der Waals surface area contributed by atoms with E-state index < -0.39 is 15.8 Å². The number of carbonyl (C=O) groups is 1. The Bertz CT molecular complexity index is 1310. The monoisotopic (exact) mass is 515 g/mol. The summed E-state index contributed by atoms with van der Waals surface area (Å²) >= 11 is 0. The predicted molar refractivity (Wildman–Crippen MR) is 135 cm³/mol. The van der Waals surface area contributed by atoms with E-state index >= 15 is 0 Å². The lowest BCUT2D eigenvalue weighted by Gasteiger charge is -2.36. The molecule has 190 valence electrons. The molecule has 1 aliphatic rings. The molecule has 1 saturated heterocycles. The van der Waals surface area contributed by atoms with Crippen molar-refractivity contribution in [3.63, 3.8) is 0 Å². The second kappa shape index (κ2) is 10.9. The van der Waals surface area contributed by atoms with Gasteiger partial charge in [0.25, 0.3) is 5.91 Å². The Labute approximate surface area is 209 Å². The number of halogens is 2. The SMILES string of the molecule is CS(=O)(=O)N(Cc1ccccc1F)c1ccc(OCC(=O)N2CCN(c3ccccc3F)CC2)cc1.